The molecule has 1 aliphatic heterocycles. The molecule has 2 aliphatic rings. The minimum atomic E-state index is -4.42. The van der Waals surface area contributed by atoms with Crippen LogP contribution in [0.15, 0.2) is 28.5 Å². The molecule has 2 atom stereocenters. The van der Waals surface area contributed by atoms with E-state index in [0.29, 0.717) is 0 Å². The Balaban J connectivity index is 2.33. The molecule has 0 radical (unpaired) electrons. The Hall–Kier alpha value is -1.26. The molecule has 106 valence electrons. The molecule has 0 fully saturated rings. The second-order valence-corrected chi connectivity index (χ2v) is 5.27. The number of fused-ring (bicyclic) bond motifs is 1. The van der Waals surface area contributed by atoms with Crippen molar-refractivity contribution in [2.45, 2.75) is 45.9 Å². The highest BCUT2D eigenvalue weighted by Crippen LogP contribution is 2.40. The highest BCUT2D eigenvalue weighted by Gasteiger charge is 2.50. The molecule has 19 heavy (non-hydrogen) atoms. The Morgan fingerprint density at radius 2 is 2.05 bits per heavy atom. The maximum absolute atomic E-state index is 12.8. The van der Waals surface area contributed by atoms with E-state index in [2.05, 4.69) is 5.16 Å². The Labute approximate surface area is 111 Å². The summed E-state index contributed by atoms with van der Waals surface area (Å²) in [7, 11) is 0. The van der Waals surface area contributed by atoms with Crippen LogP contribution in [0, 0.1) is 11.8 Å². The first-order valence-electron chi connectivity index (χ1n) is 6.58. The summed E-state index contributed by atoms with van der Waals surface area (Å²) < 4.78 is 38.5. The number of hydrogen-bond donors (Lipinski definition) is 0. The second-order valence-electron chi connectivity index (χ2n) is 5.27. The lowest BCUT2D eigenvalue weighted by Gasteiger charge is -2.27. The fourth-order valence-electron chi connectivity index (χ4n) is 2.69. The molecule has 0 spiro atoms. The number of hydrogen-bond acceptors (Lipinski definition) is 2. The monoisotopic (exact) mass is 273 g/mol. The zero-order valence-electron chi connectivity index (χ0n) is 11.3. The number of halogens is 3. The minimum Gasteiger partial charge on any atom is -0.387 e. The van der Waals surface area contributed by atoms with Gasteiger partial charge in [0.1, 0.15) is 0 Å². The molecule has 0 aromatic heterocycles. The van der Waals surface area contributed by atoms with Gasteiger partial charge in [0.05, 0.1) is 5.92 Å². The van der Waals surface area contributed by atoms with Gasteiger partial charge in [-0.3, -0.25) is 0 Å². The van der Waals surface area contributed by atoms with Gasteiger partial charge in [0.25, 0.3) is 0 Å². The molecule has 2 nitrogen and oxygen atoms in total. The van der Waals surface area contributed by atoms with E-state index >= 15 is 0 Å². The van der Waals surface area contributed by atoms with E-state index in [-0.39, 0.29) is 5.92 Å². The summed E-state index contributed by atoms with van der Waals surface area (Å²) in [5.74, 6) is -0.513. The standard InChI is InChI=1S/C14H18F3NO/c1-4-5-10-9(8(2)3)6-7-11-12(10)19-18-13(11)14(15,16)17/h6-8,11-12H,4-5H2,1-3H3. The second kappa shape index (κ2) is 5.02. The largest absolute Gasteiger partial charge is 0.433 e. The van der Waals surface area contributed by atoms with Crippen LogP contribution in [0.1, 0.15) is 33.6 Å². The van der Waals surface area contributed by atoms with Crippen LogP contribution < -0.4 is 0 Å². The maximum atomic E-state index is 12.8. The quantitative estimate of drug-likeness (QED) is 0.753. The highest BCUT2D eigenvalue weighted by molar-refractivity contribution is 5.95. The molecule has 0 aromatic rings. The number of allylic oxidation sites excluding steroid dienone is 2. The minimum absolute atomic E-state index is 0.275. The molecule has 1 aliphatic carbocycles. The fourth-order valence-corrected chi connectivity index (χ4v) is 2.69. The van der Waals surface area contributed by atoms with Gasteiger partial charge in [0, 0.05) is 0 Å². The molecule has 0 aromatic carbocycles. The molecule has 1 heterocycles. The van der Waals surface area contributed by atoms with Crippen molar-refractivity contribution < 1.29 is 18.0 Å². The van der Waals surface area contributed by atoms with Crippen LogP contribution >= 0.6 is 0 Å². The molecule has 0 amide bonds. The highest BCUT2D eigenvalue weighted by atomic mass is 19.4. The van der Waals surface area contributed by atoms with Crippen molar-refractivity contribution in [1.82, 2.24) is 0 Å². The average Bonchev–Trinajstić information content (AvgIpc) is 2.72. The van der Waals surface area contributed by atoms with E-state index in [9.17, 15) is 13.2 Å². The third-order valence-electron chi connectivity index (χ3n) is 3.54. The normalized spacial score (nSPS) is 26.6. The summed E-state index contributed by atoms with van der Waals surface area (Å²) in [5, 5.41) is 3.28. The molecule has 0 N–H and O–H groups in total. The van der Waals surface area contributed by atoms with Crippen LogP contribution in [0.25, 0.3) is 0 Å². The summed E-state index contributed by atoms with van der Waals surface area (Å²) in [6.45, 7) is 6.09. The van der Waals surface area contributed by atoms with Crippen molar-refractivity contribution in [3.63, 3.8) is 0 Å². The first-order chi connectivity index (χ1) is 8.86. The Bertz CT molecular complexity index is 446. The van der Waals surface area contributed by atoms with Crippen molar-refractivity contribution in [2.24, 2.45) is 17.0 Å². The van der Waals surface area contributed by atoms with Gasteiger partial charge in [0.2, 0.25) is 0 Å². The molecule has 2 unspecified atom stereocenters. The van der Waals surface area contributed by atoms with Crippen LogP contribution in [0.4, 0.5) is 13.2 Å². The van der Waals surface area contributed by atoms with Crippen molar-refractivity contribution in [3.05, 3.63) is 23.3 Å². The van der Waals surface area contributed by atoms with Crippen molar-refractivity contribution >= 4 is 5.71 Å². The van der Waals surface area contributed by atoms with Gasteiger partial charge in [-0.15, -0.1) is 0 Å². The summed E-state index contributed by atoms with van der Waals surface area (Å²) in [4.78, 5) is 5.10. The van der Waals surface area contributed by atoms with Crippen LogP contribution in [0.2, 0.25) is 0 Å². The molecule has 0 saturated heterocycles. The number of oxime groups is 1. The van der Waals surface area contributed by atoms with Gasteiger partial charge in [-0.05, 0) is 23.5 Å². The van der Waals surface area contributed by atoms with E-state index in [4.69, 9.17) is 4.84 Å². The van der Waals surface area contributed by atoms with Crippen LogP contribution in [0.5, 0.6) is 0 Å². The van der Waals surface area contributed by atoms with Gasteiger partial charge in [0.15, 0.2) is 11.8 Å². The lowest BCUT2D eigenvalue weighted by Crippen LogP contribution is -2.35. The maximum Gasteiger partial charge on any atom is 0.433 e. The number of rotatable bonds is 3. The van der Waals surface area contributed by atoms with E-state index in [1.807, 2.05) is 26.8 Å². The first-order valence-corrected chi connectivity index (χ1v) is 6.58. The van der Waals surface area contributed by atoms with Gasteiger partial charge in [-0.1, -0.05) is 44.5 Å². The summed E-state index contributed by atoms with van der Waals surface area (Å²) in [6, 6.07) is 0. The molecular weight excluding hydrogens is 255 g/mol. The van der Waals surface area contributed by atoms with Crippen molar-refractivity contribution in [2.75, 3.05) is 0 Å². The van der Waals surface area contributed by atoms with Crippen LogP contribution in [-0.2, 0) is 4.84 Å². The van der Waals surface area contributed by atoms with Crippen molar-refractivity contribution in [1.29, 1.82) is 0 Å². The molecular formula is C14H18F3NO. The van der Waals surface area contributed by atoms with E-state index in [1.165, 1.54) is 0 Å². The predicted molar refractivity (Wildman–Crippen MR) is 67.8 cm³/mol. The van der Waals surface area contributed by atoms with Gasteiger partial charge in [-0.25, -0.2) is 0 Å². The van der Waals surface area contributed by atoms with Crippen molar-refractivity contribution in [3.8, 4) is 0 Å². The lowest BCUT2D eigenvalue weighted by molar-refractivity contribution is -0.0615. The van der Waals surface area contributed by atoms with Crippen LogP contribution in [0.3, 0.4) is 0 Å². The summed E-state index contributed by atoms with van der Waals surface area (Å²) in [6.07, 6.45) is 0.0354. The van der Waals surface area contributed by atoms with E-state index in [0.717, 1.165) is 24.0 Å². The Kier molecular flexibility index (Phi) is 3.74. The molecule has 2 rings (SSSR count). The first kappa shape index (κ1) is 14.2. The number of nitrogens with zero attached hydrogens (tertiary/aromatic N) is 1. The summed E-state index contributed by atoms with van der Waals surface area (Å²) >= 11 is 0. The van der Waals surface area contributed by atoms with E-state index < -0.39 is 23.9 Å². The third-order valence-corrected chi connectivity index (χ3v) is 3.54. The Morgan fingerprint density at radius 1 is 1.37 bits per heavy atom. The molecule has 0 saturated carbocycles. The zero-order valence-corrected chi connectivity index (χ0v) is 11.3. The SMILES string of the molecule is CCCC1=C(C(C)C)C=CC2C(C(F)(F)F)=NOC12. The lowest BCUT2D eigenvalue weighted by atomic mass is 9.79. The van der Waals surface area contributed by atoms with Crippen LogP contribution in [-0.4, -0.2) is 18.0 Å². The fraction of sp³-hybridized carbons (Fsp3) is 0.643. The zero-order chi connectivity index (χ0) is 14.2. The Morgan fingerprint density at radius 3 is 2.58 bits per heavy atom. The van der Waals surface area contributed by atoms with E-state index in [1.54, 1.807) is 6.08 Å². The summed E-state index contributed by atoms with van der Waals surface area (Å²) in [5.41, 5.74) is 1.24. The topological polar surface area (TPSA) is 21.6 Å². The van der Waals surface area contributed by atoms with Gasteiger partial charge < -0.3 is 4.84 Å². The smallest absolute Gasteiger partial charge is 0.387 e. The molecule has 0 bridgehead atoms. The third kappa shape index (κ3) is 2.55. The van der Waals surface area contributed by atoms with Gasteiger partial charge in [-0.2, -0.15) is 13.2 Å². The van der Waals surface area contributed by atoms with Gasteiger partial charge >= 0.3 is 6.18 Å². The average molecular weight is 273 g/mol. The number of alkyl halides is 3. The molecule has 5 heteroatoms. The predicted octanol–water partition coefficient (Wildman–Crippen LogP) is 4.24.